The number of hydrogen-bond donors (Lipinski definition) is 2. The van der Waals surface area contributed by atoms with Crippen molar-refractivity contribution < 1.29 is 14.7 Å². The van der Waals surface area contributed by atoms with Gasteiger partial charge in [0.25, 0.3) is 5.91 Å². The number of benzene rings is 1. The van der Waals surface area contributed by atoms with Crippen LogP contribution in [0.4, 0.5) is 0 Å². The Hall–Kier alpha value is -2.21. The quantitative estimate of drug-likeness (QED) is 0.816. The highest BCUT2D eigenvalue weighted by atomic mass is 32.1. The lowest BCUT2D eigenvalue weighted by Gasteiger charge is -2.17. The Bertz CT molecular complexity index is 751. The van der Waals surface area contributed by atoms with Crippen LogP contribution >= 0.6 is 11.3 Å². The standard InChI is InChI=1S/C19H22N2O3S/c1-12-17(25-19(20-12)14-9-5-6-10-14)18(24)21-15(11-16(22)23)13-7-3-2-4-8-13/h2-4,7-8,14-15H,5-6,9-11H2,1H3,(H,21,24)(H,22,23). The molecule has 0 radical (unpaired) electrons. The number of carboxylic acids is 1. The van der Waals surface area contributed by atoms with E-state index >= 15 is 0 Å². The average molecular weight is 358 g/mol. The number of aliphatic carboxylic acids is 1. The SMILES string of the molecule is Cc1nc(C2CCCC2)sc1C(=O)NC(CC(=O)O)c1ccccc1. The number of carboxylic acid groups (broad SMARTS) is 1. The largest absolute Gasteiger partial charge is 0.481 e. The van der Waals surface area contributed by atoms with E-state index < -0.39 is 12.0 Å². The molecule has 0 saturated heterocycles. The minimum Gasteiger partial charge on any atom is -0.481 e. The van der Waals surface area contributed by atoms with Crippen LogP contribution in [-0.2, 0) is 4.79 Å². The van der Waals surface area contributed by atoms with Gasteiger partial charge in [0, 0.05) is 5.92 Å². The predicted octanol–water partition coefficient (Wildman–Crippen LogP) is 4.05. The monoisotopic (exact) mass is 358 g/mol. The zero-order valence-electron chi connectivity index (χ0n) is 14.2. The van der Waals surface area contributed by atoms with Gasteiger partial charge < -0.3 is 10.4 Å². The van der Waals surface area contributed by atoms with Crippen LogP contribution in [0.5, 0.6) is 0 Å². The fraction of sp³-hybridized carbons (Fsp3) is 0.421. The van der Waals surface area contributed by atoms with Crippen molar-refractivity contribution in [3.8, 4) is 0 Å². The van der Waals surface area contributed by atoms with E-state index in [1.165, 1.54) is 24.2 Å². The predicted molar refractivity (Wildman–Crippen MR) is 97.0 cm³/mol. The molecule has 132 valence electrons. The lowest BCUT2D eigenvalue weighted by molar-refractivity contribution is -0.137. The van der Waals surface area contributed by atoms with Gasteiger partial charge in [0.05, 0.1) is 23.2 Å². The zero-order chi connectivity index (χ0) is 17.8. The van der Waals surface area contributed by atoms with Crippen LogP contribution in [0.3, 0.4) is 0 Å². The summed E-state index contributed by atoms with van der Waals surface area (Å²) in [5.41, 5.74) is 1.52. The van der Waals surface area contributed by atoms with E-state index in [0.29, 0.717) is 10.8 Å². The number of aryl methyl sites for hydroxylation is 1. The third kappa shape index (κ3) is 4.25. The van der Waals surface area contributed by atoms with Gasteiger partial charge in [0.15, 0.2) is 0 Å². The zero-order valence-corrected chi connectivity index (χ0v) is 15.0. The van der Waals surface area contributed by atoms with Gasteiger partial charge in [0.2, 0.25) is 0 Å². The van der Waals surface area contributed by atoms with Crippen molar-refractivity contribution in [2.45, 2.75) is 51.0 Å². The van der Waals surface area contributed by atoms with E-state index in [-0.39, 0.29) is 12.3 Å². The maximum absolute atomic E-state index is 12.7. The first-order valence-corrected chi connectivity index (χ1v) is 9.41. The molecule has 2 N–H and O–H groups in total. The lowest BCUT2D eigenvalue weighted by atomic mass is 10.0. The summed E-state index contributed by atoms with van der Waals surface area (Å²) in [7, 11) is 0. The minimum atomic E-state index is -0.943. The third-order valence-electron chi connectivity index (χ3n) is 4.61. The van der Waals surface area contributed by atoms with E-state index in [4.69, 9.17) is 5.11 Å². The highest BCUT2D eigenvalue weighted by molar-refractivity contribution is 7.13. The first kappa shape index (κ1) is 17.6. The molecule has 25 heavy (non-hydrogen) atoms. The van der Waals surface area contributed by atoms with Crippen LogP contribution in [0.15, 0.2) is 30.3 Å². The summed E-state index contributed by atoms with van der Waals surface area (Å²) in [5, 5.41) is 13.1. The molecular weight excluding hydrogens is 336 g/mol. The fourth-order valence-corrected chi connectivity index (χ4v) is 4.45. The van der Waals surface area contributed by atoms with Gasteiger partial charge in [0.1, 0.15) is 4.88 Å². The highest BCUT2D eigenvalue weighted by Crippen LogP contribution is 2.37. The molecule has 1 aromatic heterocycles. The lowest BCUT2D eigenvalue weighted by Crippen LogP contribution is -2.30. The molecule has 5 nitrogen and oxygen atoms in total. The normalized spacial score (nSPS) is 15.9. The van der Waals surface area contributed by atoms with Crippen LogP contribution in [0.1, 0.15) is 70.0 Å². The maximum Gasteiger partial charge on any atom is 0.305 e. The molecular formula is C19H22N2O3S. The summed E-state index contributed by atoms with van der Waals surface area (Å²) in [4.78, 5) is 29.1. The molecule has 1 aromatic carbocycles. The molecule has 0 spiro atoms. The molecule has 1 aliphatic rings. The first-order valence-electron chi connectivity index (χ1n) is 8.59. The molecule has 1 aliphatic carbocycles. The minimum absolute atomic E-state index is 0.150. The molecule has 2 aromatic rings. The summed E-state index contributed by atoms with van der Waals surface area (Å²) in [6.45, 7) is 1.85. The Morgan fingerprint density at radius 2 is 1.96 bits per heavy atom. The van der Waals surface area contributed by atoms with Gasteiger partial charge in [-0.05, 0) is 25.3 Å². The van der Waals surface area contributed by atoms with Crippen molar-refractivity contribution in [3.63, 3.8) is 0 Å². The summed E-state index contributed by atoms with van der Waals surface area (Å²) >= 11 is 1.45. The van der Waals surface area contributed by atoms with Crippen molar-refractivity contribution in [2.24, 2.45) is 0 Å². The van der Waals surface area contributed by atoms with E-state index in [2.05, 4.69) is 10.3 Å². The summed E-state index contributed by atoms with van der Waals surface area (Å²) < 4.78 is 0. The topological polar surface area (TPSA) is 79.3 Å². The van der Waals surface area contributed by atoms with Crippen molar-refractivity contribution in [1.29, 1.82) is 0 Å². The number of carbonyl (C=O) groups is 2. The maximum atomic E-state index is 12.7. The molecule has 0 bridgehead atoms. The first-order chi connectivity index (χ1) is 12.0. The van der Waals surface area contributed by atoms with E-state index in [0.717, 1.165) is 29.1 Å². The summed E-state index contributed by atoms with van der Waals surface area (Å²) in [6, 6.07) is 8.65. The van der Waals surface area contributed by atoms with Crippen LogP contribution in [-0.4, -0.2) is 22.0 Å². The van der Waals surface area contributed by atoms with Crippen LogP contribution in [0.25, 0.3) is 0 Å². The van der Waals surface area contributed by atoms with Gasteiger partial charge in [-0.25, -0.2) is 4.98 Å². The number of thiazole rings is 1. The molecule has 0 aliphatic heterocycles. The number of nitrogens with one attached hydrogen (secondary N) is 1. The van der Waals surface area contributed by atoms with Gasteiger partial charge in [-0.15, -0.1) is 11.3 Å². The van der Waals surface area contributed by atoms with Gasteiger partial charge in [-0.2, -0.15) is 0 Å². The second-order valence-corrected chi connectivity index (χ2v) is 7.51. The molecule has 1 heterocycles. The smallest absolute Gasteiger partial charge is 0.305 e. The molecule has 1 unspecified atom stereocenters. The Morgan fingerprint density at radius 1 is 1.28 bits per heavy atom. The second kappa shape index (κ2) is 7.78. The van der Waals surface area contributed by atoms with Crippen molar-refractivity contribution in [2.75, 3.05) is 0 Å². The van der Waals surface area contributed by atoms with Crippen molar-refractivity contribution in [3.05, 3.63) is 51.5 Å². The van der Waals surface area contributed by atoms with Crippen LogP contribution < -0.4 is 5.32 Å². The average Bonchev–Trinajstić information content (AvgIpc) is 3.24. The third-order valence-corrected chi connectivity index (χ3v) is 5.93. The molecule has 6 heteroatoms. The number of amides is 1. The van der Waals surface area contributed by atoms with Crippen LogP contribution in [0.2, 0.25) is 0 Å². The van der Waals surface area contributed by atoms with E-state index in [1.54, 1.807) is 0 Å². The Balaban J connectivity index is 1.78. The number of rotatable bonds is 6. The molecule has 3 rings (SSSR count). The van der Waals surface area contributed by atoms with Gasteiger partial charge in [-0.1, -0.05) is 43.2 Å². The van der Waals surface area contributed by atoms with Crippen molar-refractivity contribution >= 4 is 23.2 Å². The molecule has 1 amide bonds. The number of nitrogens with zero attached hydrogens (tertiary/aromatic N) is 1. The number of aromatic nitrogens is 1. The van der Waals surface area contributed by atoms with E-state index in [1.807, 2.05) is 37.3 Å². The fourth-order valence-electron chi connectivity index (χ4n) is 3.31. The molecule has 1 fully saturated rings. The molecule has 1 atom stereocenters. The number of carbonyl (C=O) groups excluding carboxylic acids is 1. The summed E-state index contributed by atoms with van der Waals surface area (Å²) in [5.74, 6) is -0.717. The molecule has 1 saturated carbocycles. The Morgan fingerprint density at radius 3 is 2.60 bits per heavy atom. The number of hydrogen-bond acceptors (Lipinski definition) is 4. The van der Waals surface area contributed by atoms with Gasteiger partial charge in [-0.3, -0.25) is 9.59 Å². The van der Waals surface area contributed by atoms with Gasteiger partial charge >= 0.3 is 5.97 Å². The Kier molecular flexibility index (Phi) is 5.48. The summed E-state index contributed by atoms with van der Waals surface area (Å²) in [6.07, 6.45) is 4.57. The highest BCUT2D eigenvalue weighted by Gasteiger charge is 2.25. The Labute approximate surface area is 151 Å². The second-order valence-electron chi connectivity index (χ2n) is 6.48. The van der Waals surface area contributed by atoms with Crippen molar-refractivity contribution in [1.82, 2.24) is 10.3 Å². The van der Waals surface area contributed by atoms with E-state index in [9.17, 15) is 9.59 Å². The van der Waals surface area contributed by atoms with Crippen LogP contribution in [0, 0.1) is 6.92 Å².